The van der Waals surface area contributed by atoms with Crippen molar-refractivity contribution < 1.29 is 19.1 Å². The average Bonchev–Trinajstić information content (AvgIpc) is 2.82. The van der Waals surface area contributed by atoms with Crippen LogP contribution in [0.5, 0.6) is 0 Å². The van der Waals surface area contributed by atoms with Gasteiger partial charge in [0, 0.05) is 40.4 Å². The zero-order valence-electron chi connectivity index (χ0n) is 18.9. The van der Waals surface area contributed by atoms with E-state index >= 15 is 0 Å². The third-order valence-electron chi connectivity index (χ3n) is 6.32. The molecular weight excluding hydrogens is 482 g/mol. The molecule has 0 aromatic heterocycles. The Morgan fingerprint density at radius 3 is 2.45 bits per heavy atom. The van der Waals surface area contributed by atoms with Crippen LogP contribution in [-0.2, 0) is 19.1 Å². The number of carbonyl (C=O) groups excluding carboxylic acids is 2. The Hall–Kier alpha value is -2.57. The highest BCUT2D eigenvalue weighted by molar-refractivity contribution is 9.10. The van der Waals surface area contributed by atoms with E-state index in [-0.39, 0.29) is 24.3 Å². The van der Waals surface area contributed by atoms with E-state index in [1.807, 2.05) is 56.3 Å². The van der Waals surface area contributed by atoms with E-state index in [2.05, 4.69) is 28.1 Å². The van der Waals surface area contributed by atoms with Gasteiger partial charge < -0.3 is 9.47 Å². The molecule has 2 aliphatic rings. The summed E-state index contributed by atoms with van der Waals surface area (Å²) >= 11 is 3.48. The Bertz CT molecular complexity index is 1080. The van der Waals surface area contributed by atoms with E-state index in [0.717, 1.165) is 21.3 Å². The fraction of sp³-hybridized carbons (Fsp3) is 0.370. The molecule has 1 aliphatic carbocycles. The number of ether oxygens (including phenoxy) is 2. The molecular formula is C27H28BrNO4. The molecule has 0 saturated heterocycles. The number of hydrogen-bond donors (Lipinski definition) is 0. The topological polar surface area (TPSA) is 65.0 Å². The highest BCUT2D eigenvalue weighted by Crippen LogP contribution is 2.46. The Labute approximate surface area is 203 Å². The minimum Gasteiger partial charge on any atom is -0.463 e. The Kier molecular flexibility index (Phi) is 7.56. The van der Waals surface area contributed by atoms with Gasteiger partial charge in [-0.1, -0.05) is 58.4 Å². The third-order valence-corrected chi connectivity index (χ3v) is 6.85. The Morgan fingerprint density at radius 1 is 1.03 bits per heavy atom. The predicted molar refractivity (Wildman–Crippen MR) is 131 cm³/mol. The molecule has 172 valence electrons. The summed E-state index contributed by atoms with van der Waals surface area (Å²) in [5.41, 5.74) is 4.19. The highest BCUT2D eigenvalue weighted by atomic mass is 79.9. The van der Waals surface area contributed by atoms with Gasteiger partial charge in [0.2, 0.25) is 0 Å². The lowest BCUT2D eigenvalue weighted by atomic mass is 9.69. The van der Waals surface area contributed by atoms with E-state index < -0.39 is 11.8 Å². The van der Waals surface area contributed by atoms with Gasteiger partial charge in [-0.3, -0.25) is 14.6 Å². The molecule has 4 rings (SSSR count). The van der Waals surface area contributed by atoms with Gasteiger partial charge in [0.05, 0.1) is 6.61 Å². The predicted octanol–water partition coefficient (Wildman–Crippen LogP) is 5.60. The zero-order valence-corrected chi connectivity index (χ0v) is 20.5. The number of rotatable bonds is 7. The van der Waals surface area contributed by atoms with Crippen LogP contribution in [0.15, 0.2) is 75.3 Å². The monoisotopic (exact) mass is 509 g/mol. The van der Waals surface area contributed by atoms with Crippen molar-refractivity contribution in [1.82, 2.24) is 0 Å². The highest BCUT2D eigenvalue weighted by Gasteiger charge is 2.44. The number of benzene rings is 2. The summed E-state index contributed by atoms with van der Waals surface area (Å²) in [7, 11) is 0. The van der Waals surface area contributed by atoms with Crippen molar-refractivity contribution in [3.05, 3.63) is 81.5 Å². The summed E-state index contributed by atoms with van der Waals surface area (Å²) in [6.07, 6.45) is 1.10. The maximum Gasteiger partial charge on any atom is 0.315 e. The van der Waals surface area contributed by atoms with Gasteiger partial charge in [0.25, 0.3) is 0 Å². The first-order valence-corrected chi connectivity index (χ1v) is 12.1. The van der Waals surface area contributed by atoms with Crippen molar-refractivity contribution >= 4 is 33.4 Å². The van der Waals surface area contributed by atoms with Crippen molar-refractivity contribution in [3.63, 3.8) is 0 Å². The Morgan fingerprint density at radius 2 is 1.76 bits per heavy atom. The number of halogens is 1. The Balaban J connectivity index is 1.70. The summed E-state index contributed by atoms with van der Waals surface area (Å²) in [6.45, 7) is 4.85. The molecule has 2 aromatic carbocycles. The first-order valence-electron chi connectivity index (χ1n) is 11.4. The summed E-state index contributed by atoms with van der Waals surface area (Å²) in [4.78, 5) is 31.5. The van der Waals surface area contributed by atoms with Crippen LogP contribution in [0.25, 0.3) is 0 Å². The maximum atomic E-state index is 13.5. The van der Waals surface area contributed by atoms with Crippen LogP contribution in [0.1, 0.15) is 49.7 Å². The molecule has 1 unspecified atom stereocenters. The minimum absolute atomic E-state index is 0.0568. The first-order chi connectivity index (χ1) is 16.0. The van der Waals surface area contributed by atoms with Gasteiger partial charge in [-0.2, -0.15) is 0 Å². The van der Waals surface area contributed by atoms with Crippen molar-refractivity contribution in [1.29, 1.82) is 0 Å². The lowest BCUT2D eigenvalue weighted by molar-refractivity contribution is -0.148. The molecule has 0 amide bonds. The molecule has 0 radical (unpaired) electrons. The standard InChI is InChI=1S/C27H28BrNO4/c1-3-32-13-14-33-27(31)24-17(2)29-22-15-20(18-7-5-4-6-8-18)16-23(30)26(22)25(24)19-9-11-21(28)12-10-19/h4-12,20,24-25H,3,13-16H2,1-2H3/t20-,24?,25+/m1/s1. The van der Waals surface area contributed by atoms with Crippen LogP contribution >= 0.6 is 15.9 Å². The molecule has 5 nitrogen and oxygen atoms in total. The van der Waals surface area contributed by atoms with E-state index in [1.165, 1.54) is 0 Å². The van der Waals surface area contributed by atoms with E-state index in [9.17, 15) is 9.59 Å². The van der Waals surface area contributed by atoms with Crippen LogP contribution in [0, 0.1) is 5.92 Å². The SMILES string of the molecule is CCOCCOC(=O)C1C(C)=NC2=C(C(=O)C[C@H](c3ccccc3)C2)[C@H]1c1ccc(Br)cc1. The van der Waals surface area contributed by atoms with Crippen molar-refractivity contribution in [2.45, 2.75) is 38.5 Å². The van der Waals surface area contributed by atoms with Crippen LogP contribution < -0.4 is 0 Å². The summed E-state index contributed by atoms with van der Waals surface area (Å²) in [6, 6.07) is 17.9. The quantitative estimate of drug-likeness (QED) is 0.359. The number of hydrogen-bond acceptors (Lipinski definition) is 5. The lowest BCUT2D eigenvalue weighted by Gasteiger charge is -2.36. The van der Waals surface area contributed by atoms with Gasteiger partial charge in [0.15, 0.2) is 5.78 Å². The molecule has 3 atom stereocenters. The molecule has 0 saturated carbocycles. The number of Topliss-reactive ketones (excluding diaryl/α,β-unsaturated/α-hetero) is 1. The summed E-state index contributed by atoms with van der Waals surface area (Å²) < 4.78 is 11.8. The van der Waals surface area contributed by atoms with Crippen molar-refractivity contribution in [3.8, 4) is 0 Å². The number of esters is 1. The second-order valence-electron chi connectivity index (χ2n) is 8.42. The van der Waals surface area contributed by atoms with Crippen LogP contribution in [-0.4, -0.2) is 37.3 Å². The maximum absolute atomic E-state index is 13.5. The smallest absolute Gasteiger partial charge is 0.315 e. The molecule has 1 aliphatic heterocycles. The number of nitrogens with zero attached hydrogens (tertiary/aromatic N) is 1. The molecule has 0 spiro atoms. The van der Waals surface area contributed by atoms with Crippen LogP contribution in [0.2, 0.25) is 0 Å². The number of allylic oxidation sites excluding steroid dienone is 2. The summed E-state index contributed by atoms with van der Waals surface area (Å²) in [5, 5.41) is 0. The largest absolute Gasteiger partial charge is 0.463 e. The second kappa shape index (κ2) is 10.6. The minimum atomic E-state index is -0.635. The van der Waals surface area contributed by atoms with E-state index in [4.69, 9.17) is 14.5 Å². The zero-order chi connectivity index (χ0) is 23.4. The molecule has 0 N–H and O–H groups in total. The molecule has 0 fully saturated rings. The fourth-order valence-electron chi connectivity index (χ4n) is 4.79. The normalized spacial score (nSPS) is 22.6. The van der Waals surface area contributed by atoms with Gasteiger partial charge in [-0.25, -0.2) is 0 Å². The van der Waals surface area contributed by atoms with Crippen molar-refractivity contribution in [2.75, 3.05) is 19.8 Å². The van der Waals surface area contributed by atoms with Gasteiger partial charge in [0.1, 0.15) is 12.5 Å². The second-order valence-corrected chi connectivity index (χ2v) is 9.34. The number of ketones is 1. The van der Waals surface area contributed by atoms with Gasteiger partial charge in [-0.05, 0) is 49.4 Å². The molecule has 6 heteroatoms. The molecule has 1 heterocycles. The summed E-state index contributed by atoms with van der Waals surface area (Å²) in [5.74, 6) is -1.26. The third kappa shape index (κ3) is 5.17. The molecule has 33 heavy (non-hydrogen) atoms. The number of aliphatic imine (C=N–C) groups is 1. The van der Waals surface area contributed by atoms with Crippen molar-refractivity contribution in [2.24, 2.45) is 10.9 Å². The molecule has 2 aromatic rings. The van der Waals surface area contributed by atoms with E-state index in [0.29, 0.717) is 37.3 Å². The number of carbonyl (C=O) groups is 2. The van der Waals surface area contributed by atoms with E-state index in [1.54, 1.807) is 0 Å². The molecule has 0 bridgehead atoms. The average molecular weight is 510 g/mol. The van der Waals surface area contributed by atoms with Gasteiger partial charge in [-0.15, -0.1) is 0 Å². The van der Waals surface area contributed by atoms with Crippen LogP contribution in [0.3, 0.4) is 0 Å². The fourth-order valence-corrected chi connectivity index (χ4v) is 5.06. The lowest BCUT2D eigenvalue weighted by Crippen LogP contribution is -2.38. The first kappa shape index (κ1) is 23.6. The van der Waals surface area contributed by atoms with Gasteiger partial charge >= 0.3 is 5.97 Å². The van der Waals surface area contributed by atoms with Crippen LogP contribution in [0.4, 0.5) is 0 Å².